The van der Waals surface area contributed by atoms with Gasteiger partial charge in [0.2, 0.25) is 0 Å². The summed E-state index contributed by atoms with van der Waals surface area (Å²) in [5.41, 5.74) is 6.79. The minimum Gasteiger partial charge on any atom is -0.467 e. The van der Waals surface area contributed by atoms with E-state index in [0.29, 0.717) is 31.0 Å². The van der Waals surface area contributed by atoms with E-state index in [-0.39, 0.29) is 5.91 Å². The lowest BCUT2D eigenvalue weighted by Gasteiger charge is -2.07. The normalized spacial score (nSPS) is 10.5. The van der Waals surface area contributed by atoms with Crippen molar-refractivity contribution in [3.05, 3.63) is 52.4 Å². The number of halogens is 1. The van der Waals surface area contributed by atoms with Gasteiger partial charge < -0.3 is 20.2 Å². The molecular weight excluding hydrogens is 336 g/mol. The molecule has 112 valence electrons. The summed E-state index contributed by atoms with van der Waals surface area (Å²) in [7, 11) is 0. The molecule has 2 aromatic rings. The maximum Gasteiger partial charge on any atom is 0.251 e. The Hall–Kier alpha value is -1.79. The first-order valence-corrected chi connectivity index (χ1v) is 7.39. The predicted octanol–water partition coefficient (Wildman–Crippen LogP) is 2.96. The van der Waals surface area contributed by atoms with E-state index in [9.17, 15) is 4.79 Å². The molecule has 0 aliphatic heterocycles. The number of furan rings is 1. The van der Waals surface area contributed by atoms with E-state index < -0.39 is 0 Å². The SMILES string of the molecule is Nc1cc(Br)cc(C(=O)NCCCOCc2ccco2)c1. The Balaban J connectivity index is 1.65. The van der Waals surface area contributed by atoms with Crippen LogP contribution in [0.2, 0.25) is 0 Å². The van der Waals surface area contributed by atoms with Gasteiger partial charge in [-0.3, -0.25) is 4.79 Å². The Morgan fingerprint density at radius 3 is 2.95 bits per heavy atom. The quantitative estimate of drug-likeness (QED) is 0.593. The maximum atomic E-state index is 11.9. The van der Waals surface area contributed by atoms with Crippen LogP contribution in [0, 0.1) is 0 Å². The van der Waals surface area contributed by atoms with Crippen LogP contribution in [-0.4, -0.2) is 19.1 Å². The van der Waals surface area contributed by atoms with Gasteiger partial charge in [0.05, 0.1) is 6.26 Å². The molecule has 0 saturated carbocycles. The van der Waals surface area contributed by atoms with Crippen LogP contribution < -0.4 is 11.1 Å². The zero-order valence-electron chi connectivity index (χ0n) is 11.5. The van der Waals surface area contributed by atoms with Crippen LogP contribution in [0.5, 0.6) is 0 Å². The van der Waals surface area contributed by atoms with E-state index in [2.05, 4.69) is 21.2 Å². The number of benzene rings is 1. The third-order valence-electron chi connectivity index (χ3n) is 2.76. The minimum atomic E-state index is -0.144. The van der Waals surface area contributed by atoms with Crippen LogP contribution in [-0.2, 0) is 11.3 Å². The molecule has 21 heavy (non-hydrogen) atoms. The molecule has 1 aromatic carbocycles. The standard InChI is InChI=1S/C15H17BrN2O3/c16-12-7-11(8-13(17)9-12)15(19)18-4-2-5-20-10-14-3-1-6-21-14/h1,3,6-9H,2,4-5,10,17H2,(H,18,19). The molecule has 1 aromatic heterocycles. The summed E-state index contributed by atoms with van der Waals surface area (Å²) in [5, 5.41) is 2.83. The average molecular weight is 353 g/mol. The first-order valence-electron chi connectivity index (χ1n) is 6.59. The van der Waals surface area contributed by atoms with E-state index in [1.54, 1.807) is 24.5 Å². The van der Waals surface area contributed by atoms with Gasteiger partial charge in [0, 0.05) is 28.9 Å². The van der Waals surface area contributed by atoms with Crippen molar-refractivity contribution in [1.82, 2.24) is 5.32 Å². The summed E-state index contributed by atoms with van der Waals surface area (Å²) in [6, 6.07) is 8.81. The second-order valence-corrected chi connectivity index (χ2v) is 5.43. The molecule has 0 unspecified atom stereocenters. The van der Waals surface area contributed by atoms with E-state index in [1.165, 1.54) is 0 Å². The van der Waals surface area contributed by atoms with Crippen LogP contribution in [0.3, 0.4) is 0 Å². The Bertz CT molecular complexity index is 564. The third kappa shape index (κ3) is 5.24. The van der Waals surface area contributed by atoms with Crippen molar-refractivity contribution in [2.75, 3.05) is 18.9 Å². The fourth-order valence-electron chi connectivity index (χ4n) is 1.79. The average Bonchev–Trinajstić information content (AvgIpc) is 2.94. The molecule has 1 heterocycles. The monoisotopic (exact) mass is 352 g/mol. The molecule has 0 fully saturated rings. The second-order valence-electron chi connectivity index (χ2n) is 4.51. The maximum absolute atomic E-state index is 11.9. The van der Waals surface area contributed by atoms with Gasteiger partial charge in [-0.2, -0.15) is 0 Å². The summed E-state index contributed by atoms with van der Waals surface area (Å²) >= 11 is 3.31. The van der Waals surface area contributed by atoms with Gasteiger partial charge in [0.1, 0.15) is 12.4 Å². The number of anilines is 1. The lowest BCUT2D eigenvalue weighted by molar-refractivity contribution is 0.0917. The van der Waals surface area contributed by atoms with Crippen molar-refractivity contribution in [3.8, 4) is 0 Å². The molecule has 0 radical (unpaired) electrons. The number of nitrogens with one attached hydrogen (secondary N) is 1. The van der Waals surface area contributed by atoms with Crippen molar-refractivity contribution < 1.29 is 13.9 Å². The molecule has 6 heteroatoms. The zero-order chi connectivity index (χ0) is 15.1. The Kier molecular flexibility index (Phi) is 5.83. The zero-order valence-corrected chi connectivity index (χ0v) is 13.1. The van der Waals surface area contributed by atoms with Crippen molar-refractivity contribution >= 4 is 27.5 Å². The third-order valence-corrected chi connectivity index (χ3v) is 3.22. The number of amides is 1. The summed E-state index contributed by atoms with van der Waals surface area (Å²) in [6.45, 7) is 1.55. The molecule has 0 atom stereocenters. The molecule has 3 N–H and O–H groups in total. The largest absolute Gasteiger partial charge is 0.467 e. The van der Waals surface area contributed by atoms with Gasteiger partial charge in [0.15, 0.2) is 0 Å². The van der Waals surface area contributed by atoms with Crippen molar-refractivity contribution in [2.45, 2.75) is 13.0 Å². The van der Waals surface area contributed by atoms with Gasteiger partial charge >= 0.3 is 0 Å². The summed E-state index contributed by atoms with van der Waals surface area (Å²) in [4.78, 5) is 11.9. The second kappa shape index (κ2) is 7.85. The Morgan fingerprint density at radius 1 is 1.38 bits per heavy atom. The molecule has 0 bridgehead atoms. The van der Waals surface area contributed by atoms with Crippen LogP contribution >= 0.6 is 15.9 Å². The van der Waals surface area contributed by atoms with E-state index in [0.717, 1.165) is 16.7 Å². The number of hydrogen-bond donors (Lipinski definition) is 2. The highest BCUT2D eigenvalue weighted by atomic mass is 79.9. The van der Waals surface area contributed by atoms with Crippen molar-refractivity contribution in [1.29, 1.82) is 0 Å². The molecule has 0 aliphatic rings. The van der Waals surface area contributed by atoms with Crippen molar-refractivity contribution in [2.24, 2.45) is 0 Å². The topological polar surface area (TPSA) is 77.5 Å². The first-order chi connectivity index (χ1) is 10.1. The highest BCUT2D eigenvalue weighted by molar-refractivity contribution is 9.10. The van der Waals surface area contributed by atoms with Gasteiger partial charge in [-0.05, 0) is 36.8 Å². The van der Waals surface area contributed by atoms with E-state index in [1.807, 2.05) is 12.1 Å². The number of hydrogen-bond acceptors (Lipinski definition) is 4. The van der Waals surface area contributed by atoms with Crippen LogP contribution in [0.15, 0.2) is 45.5 Å². The van der Waals surface area contributed by atoms with E-state index in [4.69, 9.17) is 14.9 Å². The highest BCUT2D eigenvalue weighted by Gasteiger charge is 2.06. The Morgan fingerprint density at radius 2 is 2.24 bits per heavy atom. The first kappa shape index (κ1) is 15.6. The van der Waals surface area contributed by atoms with Crippen molar-refractivity contribution in [3.63, 3.8) is 0 Å². The number of carbonyl (C=O) groups excluding carboxylic acids is 1. The lowest BCUT2D eigenvalue weighted by Crippen LogP contribution is -2.25. The fourth-order valence-corrected chi connectivity index (χ4v) is 2.30. The highest BCUT2D eigenvalue weighted by Crippen LogP contribution is 2.17. The molecule has 2 rings (SSSR count). The van der Waals surface area contributed by atoms with Crippen LogP contribution in [0.4, 0.5) is 5.69 Å². The number of carbonyl (C=O) groups is 1. The molecular formula is C15H17BrN2O3. The van der Waals surface area contributed by atoms with Gasteiger partial charge in [0.25, 0.3) is 5.91 Å². The smallest absolute Gasteiger partial charge is 0.251 e. The van der Waals surface area contributed by atoms with Crippen LogP contribution in [0.25, 0.3) is 0 Å². The van der Waals surface area contributed by atoms with Gasteiger partial charge in [-0.15, -0.1) is 0 Å². The van der Waals surface area contributed by atoms with Gasteiger partial charge in [-0.1, -0.05) is 15.9 Å². The summed E-state index contributed by atoms with van der Waals surface area (Å²) in [6.07, 6.45) is 2.35. The molecule has 0 aliphatic carbocycles. The van der Waals surface area contributed by atoms with E-state index >= 15 is 0 Å². The molecule has 5 nitrogen and oxygen atoms in total. The number of nitrogens with two attached hydrogens (primary N) is 1. The van der Waals surface area contributed by atoms with Gasteiger partial charge in [-0.25, -0.2) is 0 Å². The predicted molar refractivity (Wildman–Crippen MR) is 83.9 cm³/mol. The fraction of sp³-hybridized carbons (Fsp3) is 0.267. The lowest BCUT2D eigenvalue weighted by atomic mass is 10.2. The number of nitrogen functional groups attached to an aromatic ring is 1. The Labute approximate surface area is 131 Å². The molecule has 1 amide bonds. The minimum absolute atomic E-state index is 0.144. The summed E-state index contributed by atoms with van der Waals surface area (Å²) in [5.74, 6) is 0.651. The molecule has 0 saturated heterocycles. The number of ether oxygens (including phenoxy) is 1. The summed E-state index contributed by atoms with van der Waals surface area (Å²) < 4.78 is 11.4. The number of rotatable bonds is 7. The van der Waals surface area contributed by atoms with Crippen LogP contribution in [0.1, 0.15) is 22.5 Å². The molecule has 0 spiro atoms.